The van der Waals surface area contributed by atoms with Crippen LogP contribution in [0.5, 0.6) is 5.75 Å². The molecule has 0 radical (unpaired) electrons. The molecule has 10 heteroatoms. The Bertz CT molecular complexity index is 1010. The third kappa shape index (κ3) is 7.64. The number of benzene rings is 1. The Morgan fingerprint density at radius 1 is 1.09 bits per heavy atom. The summed E-state index contributed by atoms with van der Waals surface area (Å²) in [5.74, 6) is 0.122. The van der Waals surface area contributed by atoms with E-state index in [1.54, 1.807) is 12.1 Å². The summed E-state index contributed by atoms with van der Waals surface area (Å²) in [6.45, 7) is 2.71. The Morgan fingerprint density at radius 3 is 2.54 bits per heavy atom. The van der Waals surface area contributed by atoms with Gasteiger partial charge in [-0.05, 0) is 81.1 Å². The number of sulfone groups is 1. The summed E-state index contributed by atoms with van der Waals surface area (Å²) in [5, 5.41) is 5.57. The zero-order valence-electron chi connectivity index (χ0n) is 20.1. The maximum atomic E-state index is 14.4. The molecular formula is C25H36FN3O5S. The Labute approximate surface area is 206 Å². The van der Waals surface area contributed by atoms with E-state index in [-0.39, 0.29) is 47.6 Å². The lowest BCUT2D eigenvalue weighted by molar-refractivity contribution is -0.118. The molecule has 2 heterocycles. The van der Waals surface area contributed by atoms with Crippen LogP contribution in [0.15, 0.2) is 18.2 Å². The SMILES string of the molecule is O=C1CN(CCCCCS(=O)(=O)C[C@@H](c2ccc(F)c(OCC3CC3)c2)C2CCNCC2)C(=O)N1. The number of unbranched alkanes of at least 4 members (excludes halogenated alkanes) is 2. The highest BCUT2D eigenvalue weighted by Gasteiger charge is 2.31. The van der Waals surface area contributed by atoms with Crippen LogP contribution in [0.1, 0.15) is 56.4 Å². The lowest BCUT2D eigenvalue weighted by atomic mass is 9.81. The van der Waals surface area contributed by atoms with Crippen molar-refractivity contribution in [2.75, 3.05) is 44.3 Å². The van der Waals surface area contributed by atoms with Crippen molar-refractivity contribution in [2.45, 2.75) is 50.9 Å². The Kier molecular flexibility index (Phi) is 8.64. The van der Waals surface area contributed by atoms with Gasteiger partial charge in [-0.2, -0.15) is 0 Å². The first-order chi connectivity index (χ1) is 16.8. The van der Waals surface area contributed by atoms with Crippen molar-refractivity contribution >= 4 is 21.8 Å². The van der Waals surface area contributed by atoms with Crippen LogP contribution >= 0.6 is 0 Å². The number of hydrogen-bond donors (Lipinski definition) is 2. The number of rotatable bonds is 13. The number of ether oxygens (including phenoxy) is 1. The summed E-state index contributed by atoms with van der Waals surface area (Å²) < 4.78 is 46.3. The first kappa shape index (κ1) is 25.9. The molecule has 8 nitrogen and oxygen atoms in total. The largest absolute Gasteiger partial charge is 0.490 e. The molecule has 0 spiro atoms. The van der Waals surface area contributed by atoms with E-state index in [0.717, 1.165) is 44.3 Å². The van der Waals surface area contributed by atoms with Crippen molar-refractivity contribution in [3.8, 4) is 5.75 Å². The third-order valence-electron chi connectivity index (χ3n) is 7.19. The number of imide groups is 1. The van der Waals surface area contributed by atoms with Crippen molar-refractivity contribution in [2.24, 2.45) is 11.8 Å². The standard InChI is InChI=1S/C25H36FN3O5S/c26-22-7-6-20(14-23(22)34-16-18-4-5-18)21(19-8-10-27-11-9-19)17-35(32,33)13-3-1-2-12-29-15-24(30)28-25(29)31/h6-7,14,18-19,21,27H,1-5,8-13,15-17H2,(H,28,30,31)/t21-/m1/s1. The lowest BCUT2D eigenvalue weighted by Gasteiger charge is -2.31. The van der Waals surface area contributed by atoms with Gasteiger partial charge in [-0.3, -0.25) is 10.1 Å². The highest BCUT2D eigenvalue weighted by atomic mass is 32.2. The summed E-state index contributed by atoms with van der Waals surface area (Å²) in [6.07, 6.45) is 5.79. The molecule has 3 amide bonds. The highest BCUT2D eigenvalue weighted by Crippen LogP contribution is 2.36. The molecule has 2 saturated heterocycles. The van der Waals surface area contributed by atoms with Crippen LogP contribution < -0.4 is 15.4 Å². The second kappa shape index (κ2) is 11.7. The minimum Gasteiger partial charge on any atom is -0.490 e. The molecule has 194 valence electrons. The molecule has 1 aromatic carbocycles. The fourth-order valence-corrected chi connectivity index (χ4v) is 6.75. The lowest BCUT2D eigenvalue weighted by Crippen LogP contribution is -2.33. The summed E-state index contributed by atoms with van der Waals surface area (Å²) in [6, 6.07) is 4.44. The van der Waals surface area contributed by atoms with Gasteiger partial charge in [0.1, 0.15) is 6.54 Å². The second-order valence-corrected chi connectivity index (χ2v) is 12.3. The van der Waals surface area contributed by atoms with Crippen molar-refractivity contribution in [1.82, 2.24) is 15.5 Å². The van der Waals surface area contributed by atoms with Gasteiger partial charge in [-0.1, -0.05) is 12.5 Å². The van der Waals surface area contributed by atoms with Gasteiger partial charge in [0.15, 0.2) is 21.4 Å². The number of amides is 3. The van der Waals surface area contributed by atoms with Gasteiger partial charge in [-0.25, -0.2) is 17.6 Å². The molecule has 2 N–H and O–H groups in total. The number of nitrogens with one attached hydrogen (secondary N) is 2. The summed E-state index contributed by atoms with van der Waals surface area (Å²) in [7, 11) is -3.34. The molecule has 2 aliphatic heterocycles. The van der Waals surface area contributed by atoms with Crippen LogP contribution in [0.3, 0.4) is 0 Å². The zero-order valence-corrected chi connectivity index (χ0v) is 21.0. The van der Waals surface area contributed by atoms with E-state index in [4.69, 9.17) is 4.74 Å². The quantitative estimate of drug-likeness (QED) is 0.313. The predicted octanol–water partition coefficient (Wildman–Crippen LogP) is 2.83. The van der Waals surface area contributed by atoms with E-state index in [1.807, 2.05) is 0 Å². The number of carbonyl (C=O) groups excluding carboxylic acids is 2. The molecule has 0 unspecified atom stereocenters. The zero-order chi connectivity index (χ0) is 24.8. The first-order valence-corrected chi connectivity index (χ1v) is 14.5. The topological polar surface area (TPSA) is 105 Å². The van der Waals surface area contributed by atoms with Crippen molar-refractivity contribution in [1.29, 1.82) is 0 Å². The van der Waals surface area contributed by atoms with Gasteiger partial charge in [0, 0.05) is 12.5 Å². The average Bonchev–Trinajstić information content (AvgIpc) is 3.60. The van der Waals surface area contributed by atoms with Crippen molar-refractivity contribution < 1.29 is 27.1 Å². The number of piperidine rings is 1. The minimum atomic E-state index is -3.34. The molecule has 3 aliphatic rings. The van der Waals surface area contributed by atoms with E-state index >= 15 is 0 Å². The van der Waals surface area contributed by atoms with Gasteiger partial charge in [-0.15, -0.1) is 0 Å². The van der Waals surface area contributed by atoms with E-state index in [2.05, 4.69) is 10.6 Å². The molecule has 3 fully saturated rings. The predicted molar refractivity (Wildman–Crippen MR) is 131 cm³/mol. The molecule has 1 aliphatic carbocycles. The van der Waals surface area contributed by atoms with Crippen LogP contribution in [0.25, 0.3) is 0 Å². The molecular weight excluding hydrogens is 473 g/mol. The van der Waals surface area contributed by atoms with E-state index in [9.17, 15) is 22.4 Å². The van der Waals surface area contributed by atoms with Gasteiger partial charge in [0.25, 0.3) is 0 Å². The van der Waals surface area contributed by atoms with E-state index in [1.165, 1.54) is 11.0 Å². The number of halogens is 1. The van der Waals surface area contributed by atoms with Gasteiger partial charge < -0.3 is 15.0 Å². The maximum Gasteiger partial charge on any atom is 0.324 e. The molecule has 4 rings (SSSR count). The maximum absolute atomic E-state index is 14.4. The highest BCUT2D eigenvalue weighted by molar-refractivity contribution is 7.91. The van der Waals surface area contributed by atoms with Gasteiger partial charge >= 0.3 is 6.03 Å². The van der Waals surface area contributed by atoms with Crippen LogP contribution in [-0.2, 0) is 14.6 Å². The smallest absolute Gasteiger partial charge is 0.324 e. The van der Waals surface area contributed by atoms with Crippen LogP contribution in [0.4, 0.5) is 9.18 Å². The second-order valence-electron chi connectivity index (χ2n) is 10.1. The van der Waals surface area contributed by atoms with Crippen molar-refractivity contribution in [3.63, 3.8) is 0 Å². The van der Waals surface area contributed by atoms with E-state index in [0.29, 0.717) is 38.3 Å². The van der Waals surface area contributed by atoms with Gasteiger partial charge in [0.05, 0.1) is 18.1 Å². The van der Waals surface area contributed by atoms with Crippen LogP contribution in [-0.4, -0.2) is 69.5 Å². The van der Waals surface area contributed by atoms with Gasteiger partial charge in [0.2, 0.25) is 5.91 Å². The van der Waals surface area contributed by atoms with E-state index < -0.39 is 15.7 Å². The Morgan fingerprint density at radius 2 is 1.86 bits per heavy atom. The minimum absolute atomic E-state index is 0.0361. The molecule has 35 heavy (non-hydrogen) atoms. The fourth-order valence-electron chi connectivity index (χ4n) is 4.93. The number of nitrogens with zero attached hydrogens (tertiary/aromatic N) is 1. The monoisotopic (exact) mass is 509 g/mol. The normalized spacial score (nSPS) is 20.2. The first-order valence-electron chi connectivity index (χ1n) is 12.7. The molecule has 1 aromatic rings. The average molecular weight is 510 g/mol. The fraction of sp³-hybridized carbons (Fsp3) is 0.680. The molecule has 1 saturated carbocycles. The summed E-state index contributed by atoms with van der Waals surface area (Å²) in [4.78, 5) is 24.3. The molecule has 0 bridgehead atoms. The third-order valence-corrected chi connectivity index (χ3v) is 8.97. The number of carbonyl (C=O) groups is 2. The molecule has 0 aromatic heterocycles. The Balaban J connectivity index is 1.35. The van der Waals surface area contributed by atoms with Crippen LogP contribution in [0.2, 0.25) is 0 Å². The van der Waals surface area contributed by atoms with Crippen LogP contribution in [0, 0.1) is 17.7 Å². The summed E-state index contributed by atoms with van der Waals surface area (Å²) in [5.41, 5.74) is 0.831. The summed E-state index contributed by atoms with van der Waals surface area (Å²) >= 11 is 0. The Hall–Kier alpha value is -2.20. The number of urea groups is 1. The van der Waals surface area contributed by atoms with Crippen molar-refractivity contribution in [3.05, 3.63) is 29.6 Å². The number of hydrogen-bond acceptors (Lipinski definition) is 6. The molecule has 1 atom stereocenters.